The minimum Gasteiger partial charge on any atom is -0.394 e. The number of hydrogen-bond acceptors (Lipinski definition) is 9. The molecule has 1 fully saturated rings. The molecule has 1 heterocycles. The summed E-state index contributed by atoms with van der Waals surface area (Å²) in [7, 11) is 0. The number of nitrogens with one attached hydrogen (secondary N) is 1. The van der Waals surface area contributed by atoms with Crippen molar-refractivity contribution in [3.05, 3.63) is 23.8 Å². The van der Waals surface area contributed by atoms with Gasteiger partial charge >= 0.3 is 0 Å². The van der Waals surface area contributed by atoms with Gasteiger partial charge in [0, 0.05) is 0 Å². The van der Waals surface area contributed by atoms with Crippen LogP contribution in [-0.4, -0.2) is 98.7 Å². The first-order valence-electron chi connectivity index (χ1n) is 24.1. The average Bonchev–Trinajstić information content (AvgIpc) is 3.22. The number of aliphatic hydroxyl groups excluding tert-OH is 6. The normalized spacial score (nSPS) is 21.7. The number of ether oxygens (including phenoxy) is 2. The van der Waals surface area contributed by atoms with Crippen LogP contribution in [0.2, 0.25) is 0 Å². The first-order chi connectivity index (χ1) is 28.2. The number of carbonyl (C=O) groups excluding carboxylic acids is 1. The molecule has 7 N–H and O–H groups in total. The highest BCUT2D eigenvalue weighted by atomic mass is 16.7. The van der Waals surface area contributed by atoms with Crippen LogP contribution in [0.5, 0.6) is 0 Å². The zero-order chi connectivity index (χ0) is 42.6. The van der Waals surface area contributed by atoms with Gasteiger partial charge in [-0.25, -0.2) is 0 Å². The highest BCUT2D eigenvalue weighted by molar-refractivity contribution is 5.80. The Morgan fingerprint density at radius 3 is 1.60 bits per heavy atom. The van der Waals surface area contributed by atoms with E-state index in [2.05, 4.69) is 32.2 Å². The van der Waals surface area contributed by atoms with Crippen molar-refractivity contribution in [1.29, 1.82) is 0 Å². The lowest BCUT2D eigenvalue weighted by Crippen LogP contribution is -2.60. The lowest BCUT2D eigenvalue weighted by atomic mass is 9.99. The molecule has 1 aliphatic heterocycles. The van der Waals surface area contributed by atoms with E-state index in [-0.39, 0.29) is 6.61 Å². The van der Waals surface area contributed by atoms with Gasteiger partial charge in [-0.2, -0.15) is 0 Å². The maximum atomic E-state index is 13.1. The van der Waals surface area contributed by atoms with Crippen LogP contribution in [-0.2, 0) is 14.3 Å². The average molecular weight is 826 g/mol. The Morgan fingerprint density at radius 2 is 1.12 bits per heavy atom. The molecule has 0 saturated carbocycles. The smallest absolute Gasteiger partial charge is 0.249 e. The van der Waals surface area contributed by atoms with E-state index in [1.165, 1.54) is 147 Å². The standard InChI is InChI=1S/C48H91NO9/c1-4-6-8-10-12-13-14-15-16-17-18-19-20-21-22-23-25-27-31-36-42(52)47(56)49-40(38-57-48-46(55)45(54)44(53)43(37-50)58-48)41(51)35-32-28-30-34-39(3)33-29-26-24-11-9-7-5-2/h32,34-35,40-46,48,50-55H,4-31,33,36-38H2,1-3H3,(H,49,56)/b35-32+,39-34+/t40-,41+,42+,43+,44+,45-,46+,48+/m0/s1. The van der Waals surface area contributed by atoms with E-state index in [0.29, 0.717) is 19.3 Å². The van der Waals surface area contributed by atoms with Gasteiger partial charge < -0.3 is 45.4 Å². The summed E-state index contributed by atoms with van der Waals surface area (Å²) in [6.45, 7) is 5.74. The van der Waals surface area contributed by atoms with Gasteiger partial charge in [-0.15, -0.1) is 0 Å². The van der Waals surface area contributed by atoms with Gasteiger partial charge in [0.15, 0.2) is 6.29 Å². The Morgan fingerprint density at radius 1 is 0.655 bits per heavy atom. The summed E-state index contributed by atoms with van der Waals surface area (Å²) in [6, 6.07) is -0.995. The van der Waals surface area contributed by atoms with Crippen LogP contribution in [0.1, 0.15) is 213 Å². The highest BCUT2D eigenvalue weighted by Crippen LogP contribution is 2.23. The molecule has 58 heavy (non-hydrogen) atoms. The summed E-state index contributed by atoms with van der Waals surface area (Å²) in [4.78, 5) is 13.1. The van der Waals surface area contributed by atoms with Crippen molar-refractivity contribution < 1.29 is 44.9 Å². The van der Waals surface area contributed by atoms with E-state index >= 15 is 0 Å². The molecule has 0 unspecified atom stereocenters. The zero-order valence-electron chi connectivity index (χ0n) is 37.4. The van der Waals surface area contributed by atoms with E-state index in [1.807, 2.05) is 6.08 Å². The topological polar surface area (TPSA) is 169 Å². The second kappa shape index (κ2) is 37.4. The molecule has 1 rings (SSSR count). The molecular weight excluding hydrogens is 735 g/mol. The summed E-state index contributed by atoms with van der Waals surface area (Å²) in [6.07, 6.45) is 32.0. The van der Waals surface area contributed by atoms with Crippen LogP contribution in [0.15, 0.2) is 23.8 Å². The molecule has 1 saturated heterocycles. The van der Waals surface area contributed by atoms with Crippen molar-refractivity contribution in [3.8, 4) is 0 Å². The van der Waals surface area contributed by atoms with Gasteiger partial charge in [0.25, 0.3) is 0 Å². The number of unbranched alkanes of at least 4 members (excludes halogenated alkanes) is 25. The minimum absolute atomic E-state index is 0.307. The van der Waals surface area contributed by atoms with Crippen LogP contribution in [0.4, 0.5) is 0 Å². The first kappa shape index (κ1) is 54.6. The molecular formula is C48H91NO9. The van der Waals surface area contributed by atoms with Gasteiger partial charge in [-0.3, -0.25) is 4.79 Å². The van der Waals surface area contributed by atoms with Crippen molar-refractivity contribution in [2.45, 2.75) is 262 Å². The van der Waals surface area contributed by atoms with Crippen molar-refractivity contribution in [1.82, 2.24) is 5.32 Å². The van der Waals surface area contributed by atoms with E-state index in [9.17, 15) is 35.4 Å². The Balaban J connectivity index is 2.43. The molecule has 0 aromatic carbocycles. The lowest BCUT2D eigenvalue weighted by Gasteiger charge is -2.40. The molecule has 10 heteroatoms. The van der Waals surface area contributed by atoms with Crippen LogP contribution < -0.4 is 5.32 Å². The van der Waals surface area contributed by atoms with Gasteiger partial charge in [-0.05, 0) is 39.0 Å². The molecule has 0 aliphatic carbocycles. The fourth-order valence-corrected chi connectivity index (χ4v) is 7.71. The third kappa shape index (κ3) is 27.5. The Hall–Kier alpha value is -1.37. The van der Waals surface area contributed by atoms with Gasteiger partial charge in [0.05, 0.1) is 25.4 Å². The van der Waals surface area contributed by atoms with Crippen LogP contribution in [0.25, 0.3) is 0 Å². The van der Waals surface area contributed by atoms with E-state index in [1.54, 1.807) is 6.08 Å². The third-order valence-corrected chi connectivity index (χ3v) is 11.7. The molecule has 8 atom stereocenters. The predicted octanol–water partition coefficient (Wildman–Crippen LogP) is 9.25. The molecule has 0 aromatic heterocycles. The van der Waals surface area contributed by atoms with Crippen LogP contribution in [0.3, 0.4) is 0 Å². The summed E-state index contributed by atoms with van der Waals surface area (Å²) in [5.74, 6) is -0.624. The molecule has 10 nitrogen and oxygen atoms in total. The van der Waals surface area contributed by atoms with Crippen molar-refractivity contribution in [3.63, 3.8) is 0 Å². The second-order valence-corrected chi connectivity index (χ2v) is 17.2. The lowest BCUT2D eigenvalue weighted by molar-refractivity contribution is -0.302. The molecule has 0 radical (unpaired) electrons. The summed E-state index contributed by atoms with van der Waals surface area (Å²) >= 11 is 0. The molecule has 1 amide bonds. The maximum absolute atomic E-state index is 13.1. The van der Waals surface area contributed by atoms with Gasteiger partial charge in [0.1, 0.15) is 30.5 Å². The second-order valence-electron chi connectivity index (χ2n) is 17.2. The Kier molecular flexibility index (Phi) is 35.2. The van der Waals surface area contributed by atoms with Crippen molar-refractivity contribution in [2.75, 3.05) is 13.2 Å². The molecule has 1 aliphatic rings. The fraction of sp³-hybridized carbons (Fsp3) is 0.896. The largest absolute Gasteiger partial charge is 0.394 e. The van der Waals surface area contributed by atoms with Crippen molar-refractivity contribution in [2.24, 2.45) is 0 Å². The third-order valence-electron chi connectivity index (χ3n) is 11.7. The number of carbonyl (C=O) groups is 1. The predicted molar refractivity (Wildman–Crippen MR) is 236 cm³/mol. The minimum atomic E-state index is -1.61. The molecule has 0 aromatic rings. The van der Waals surface area contributed by atoms with Crippen molar-refractivity contribution >= 4 is 5.91 Å². The SMILES string of the molecule is CCCCCCCCCCCCCCCCCCCCC[C@@H](O)C(=O)N[C@@H](CO[C@@H]1O[C@H](CO)[C@@H](O)[C@H](O)[C@H]1O)[C@H](O)/C=C/CC/C=C(\C)CCCCCCCCC. The quantitative estimate of drug-likeness (QED) is 0.0236. The molecule has 0 bridgehead atoms. The monoisotopic (exact) mass is 826 g/mol. The highest BCUT2D eigenvalue weighted by Gasteiger charge is 2.44. The number of rotatable bonds is 39. The van der Waals surface area contributed by atoms with E-state index in [0.717, 1.165) is 32.1 Å². The fourth-order valence-electron chi connectivity index (χ4n) is 7.71. The molecule has 342 valence electrons. The van der Waals surface area contributed by atoms with Gasteiger partial charge in [0.2, 0.25) is 5.91 Å². The maximum Gasteiger partial charge on any atom is 0.249 e. The first-order valence-corrected chi connectivity index (χ1v) is 24.1. The number of amides is 1. The summed E-state index contributed by atoms with van der Waals surface area (Å²) in [5, 5.41) is 64.8. The Labute approximate surface area is 354 Å². The van der Waals surface area contributed by atoms with Crippen LogP contribution in [0, 0.1) is 0 Å². The van der Waals surface area contributed by atoms with E-state index in [4.69, 9.17) is 9.47 Å². The number of aliphatic hydroxyl groups is 6. The van der Waals surface area contributed by atoms with Gasteiger partial charge in [-0.1, -0.05) is 198 Å². The van der Waals surface area contributed by atoms with Crippen LogP contribution >= 0.6 is 0 Å². The number of hydrogen-bond donors (Lipinski definition) is 7. The summed E-state index contributed by atoms with van der Waals surface area (Å²) in [5.41, 5.74) is 1.36. The number of allylic oxidation sites excluding steroid dienone is 3. The Bertz CT molecular complexity index is 1010. The van der Waals surface area contributed by atoms with E-state index < -0.39 is 61.5 Å². The zero-order valence-corrected chi connectivity index (χ0v) is 37.4. The summed E-state index contributed by atoms with van der Waals surface area (Å²) < 4.78 is 11.1. The molecule has 0 spiro atoms.